The predicted octanol–water partition coefficient (Wildman–Crippen LogP) is 4.84. The third kappa shape index (κ3) is 1.57. The molecule has 0 saturated heterocycles. The van der Waals surface area contributed by atoms with Gasteiger partial charge in [-0.05, 0) is 56.1 Å². The molecule has 0 amide bonds. The topological polar surface area (TPSA) is 22.1 Å². The summed E-state index contributed by atoms with van der Waals surface area (Å²) in [6.07, 6.45) is 15.6. The van der Waals surface area contributed by atoms with Crippen LogP contribution in [0.2, 0.25) is 0 Å². The molecule has 2 nitrogen and oxygen atoms in total. The first kappa shape index (κ1) is 12.6. The van der Waals surface area contributed by atoms with E-state index in [9.17, 15) is 0 Å². The molecule has 4 aliphatic carbocycles. The number of aromatic nitrogens is 1. The molecule has 5 aliphatic rings. The molecule has 4 bridgehead atoms. The quantitative estimate of drug-likeness (QED) is 0.695. The van der Waals surface area contributed by atoms with Gasteiger partial charge in [-0.25, -0.2) is 0 Å². The molecule has 1 aromatic heterocycles. The Labute approximate surface area is 136 Å². The van der Waals surface area contributed by atoms with Crippen molar-refractivity contribution in [2.24, 2.45) is 23.7 Å². The van der Waals surface area contributed by atoms with Crippen LogP contribution >= 0.6 is 0 Å². The van der Waals surface area contributed by atoms with Crippen molar-refractivity contribution in [1.82, 2.24) is 4.98 Å². The summed E-state index contributed by atoms with van der Waals surface area (Å²) in [6, 6.07) is 6.44. The molecule has 1 spiro atoms. The summed E-state index contributed by atoms with van der Waals surface area (Å²) in [5.41, 5.74) is 1.20. The fraction of sp³-hybridized carbons (Fsp3) is 0.476. The Hall–Kier alpha value is -1.83. The lowest BCUT2D eigenvalue weighted by atomic mass is 9.49. The zero-order chi connectivity index (χ0) is 15.0. The summed E-state index contributed by atoms with van der Waals surface area (Å²) < 4.78 is 6.90. The molecule has 116 valence electrons. The van der Waals surface area contributed by atoms with Gasteiger partial charge < -0.3 is 4.74 Å². The van der Waals surface area contributed by atoms with Gasteiger partial charge in [0.05, 0.1) is 0 Å². The molecule has 2 heterocycles. The van der Waals surface area contributed by atoms with Crippen LogP contribution < -0.4 is 4.74 Å². The van der Waals surface area contributed by atoms with Crippen LogP contribution in [0.1, 0.15) is 37.7 Å². The van der Waals surface area contributed by atoms with Gasteiger partial charge in [0.15, 0.2) is 0 Å². The van der Waals surface area contributed by atoms with Crippen LogP contribution in [0.5, 0.6) is 5.75 Å². The lowest BCUT2D eigenvalue weighted by Gasteiger charge is -2.60. The lowest BCUT2D eigenvalue weighted by Crippen LogP contribution is -2.60. The van der Waals surface area contributed by atoms with Crippen molar-refractivity contribution in [3.63, 3.8) is 0 Å². The summed E-state index contributed by atoms with van der Waals surface area (Å²) in [6.45, 7) is 0. The summed E-state index contributed by atoms with van der Waals surface area (Å²) in [7, 11) is 0. The number of fused-ring (bicyclic) bond motifs is 3. The highest BCUT2D eigenvalue weighted by Crippen LogP contribution is 2.61. The Morgan fingerprint density at radius 3 is 2.52 bits per heavy atom. The first-order valence-corrected chi connectivity index (χ1v) is 9.07. The van der Waals surface area contributed by atoms with E-state index in [0.29, 0.717) is 0 Å². The minimum absolute atomic E-state index is 0.0298. The second-order valence-electron chi connectivity index (χ2n) is 8.17. The van der Waals surface area contributed by atoms with Gasteiger partial charge in [-0.2, -0.15) is 0 Å². The van der Waals surface area contributed by atoms with Crippen LogP contribution in [0.3, 0.4) is 0 Å². The third-order valence-electron chi connectivity index (χ3n) is 7.02. The monoisotopic (exact) mass is 303 g/mol. The standard InChI is InChI=1S/C21H21NO/c1-2-16-12-22-6-4-19(16)20-15(1)3-5-21(23-20)17-8-13-7-14(10-17)11-18(21)9-13/h1-6,12-14,17-18H,7-11H2. The minimum atomic E-state index is -0.0298. The molecule has 0 radical (unpaired) electrons. The number of pyridine rings is 1. The van der Waals surface area contributed by atoms with Crippen molar-refractivity contribution in [3.05, 3.63) is 42.2 Å². The van der Waals surface area contributed by atoms with E-state index in [1.807, 2.05) is 12.4 Å². The van der Waals surface area contributed by atoms with Crippen molar-refractivity contribution in [3.8, 4) is 5.75 Å². The molecule has 0 N–H and O–H groups in total. The maximum atomic E-state index is 6.90. The van der Waals surface area contributed by atoms with Crippen molar-refractivity contribution >= 4 is 16.8 Å². The molecule has 23 heavy (non-hydrogen) atoms. The summed E-state index contributed by atoms with van der Waals surface area (Å²) >= 11 is 0. The van der Waals surface area contributed by atoms with Gasteiger partial charge >= 0.3 is 0 Å². The third-order valence-corrected chi connectivity index (χ3v) is 7.02. The molecular formula is C21H21NO. The molecule has 2 heteroatoms. The van der Waals surface area contributed by atoms with Gasteiger partial charge in [0.2, 0.25) is 0 Å². The number of hydrogen-bond acceptors (Lipinski definition) is 2. The Morgan fingerprint density at radius 1 is 0.957 bits per heavy atom. The fourth-order valence-electron chi connectivity index (χ4n) is 6.19. The Morgan fingerprint density at radius 2 is 1.74 bits per heavy atom. The Bertz CT molecular complexity index is 809. The smallest absolute Gasteiger partial charge is 0.135 e. The van der Waals surface area contributed by atoms with E-state index in [4.69, 9.17) is 4.74 Å². The maximum Gasteiger partial charge on any atom is 0.135 e. The normalized spacial score (nSPS) is 39.7. The summed E-state index contributed by atoms with van der Waals surface area (Å²) in [5.74, 6) is 4.48. The summed E-state index contributed by atoms with van der Waals surface area (Å²) in [5, 5.41) is 2.40. The van der Waals surface area contributed by atoms with E-state index in [-0.39, 0.29) is 5.60 Å². The largest absolute Gasteiger partial charge is 0.481 e. The Balaban J connectivity index is 1.52. The van der Waals surface area contributed by atoms with Crippen LogP contribution in [-0.2, 0) is 0 Å². The van der Waals surface area contributed by atoms with Crippen molar-refractivity contribution in [1.29, 1.82) is 0 Å². The van der Waals surface area contributed by atoms with Crippen LogP contribution in [0, 0.1) is 23.7 Å². The first-order valence-electron chi connectivity index (χ1n) is 9.07. The Kier molecular flexibility index (Phi) is 2.28. The average Bonchev–Trinajstić information content (AvgIpc) is 2.59. The van der Waals surface area contributed by atoms with Gasteiger partial charge in [0, 0.05) is 40.6 Å². The number of hydrogen-bond donors (Lipinski definition) is 0. The van der Waals surface area contributed by atoms with E-state index in [0.717, 1.165) is 29.4 Å². The fourth-order valence-corrected chi connectivity index (χ4v) is 6.19. The number of nitrogens with zero attached hydrogens (tertiary/aromatic N) is 1. The van der Waals surface area contributed by atoms with Gasteiger partial charge in [-0.1, -0.05) is 18.2 Å². The number of benzene rings is 1. The molecule has 1 aromatic carbocycles. The van der Waals surface area contributed by atoms with Crippen molar-refractivity contribution < 1.29 is 4.74 Å². The van der Waals surface area contributed by atoms with E-state index >= 15 is 0 Å². The second kappa shape index (κ2) is 4.17. The van der Waals surface area contributed by atoms with Gasteiger partial charge in [-0.15, -0.1) is 0 Å². The van der Waals surface area contributed by atoms with Crippen LogP contribution in [0.4, 0.5) is 0 Å². The molecule has 4 saturated carbocycles. The molecule has 2 aromatic rings. The molecule has 7 rings (SSSR count). The SMILES string of the molecule is C1=CC2(Oc3c1ccc1cnccc31)C1CC3CC(C1)CC2C3. The molecule has 4 fully saturated rings. The minimum Gasteiger partial charge on any atom is -0.481 e. The van der Waals surface area contributed by atoms with Crippen LogP contribution in [0.15, 0.2) is 36.7 Å². The van der Waals surface area contributed by atoms with E-state index < -0.39 is 0 Å². The zero-order valence-electron chi connectivity index (χ0n) is 13.2. The van der Waals surface area contributed by atoms with Crippen LogP contribution in [-0.4, -0.2) is 10.6 Å². The highest BCUT2D eigenvalue weighted by atomic mass is 16.5. The van der Waals surface area contributed by atoms with Crippen LogP contribution in [0.25, 0.3) is 16.8 Å². The number of ether oxygens (including phenoxy) is 1. The molecular weight excluding hydrogens is 282 g/mol. The van der Waals surface area contributed by atoms with E-state index in [1.165, 1.54) is 48.4 Å². The molecule has 0 unspecified atom stereocenters. The van der Waals surface area contributed by atoms with Gasteiger partial charge in [0.1, 0.15) is 11.4 Å². The van der Waals surface area contributed by atoms with E-state index in [2.05, 4.69) is 35.3 Å². The average molecular weight is 303 g/mol. The number of rotatable bonds is 0. The molecule has 1 aliphatic heterocycles. The predicted molar refractivity (Wildman–Crippen MR) is 91.2 cm³/mol. The van der Waals surface area contributed by atoms with Crippen molar-refractivity contribution in [2.45, 2.75) is 37.7 Å². The second-order valence-corrected chi connectivity index (χ2v) is 8.17. The van der Waals surface area contributed by atoms with E-state index in [1.54, 1.807) is 0 Å². The maximum absolute atomic E-state index is 6.90. The first-order chi connectivity index (χ1) is 11.3. The lowest BCUT2D eigenvalue weighted by molar-refractivity contribution is -0.127. The van der Waals surface area contributed by atoms with Gasteiger partial charge in [-0.3, -0.25) is 4.98 Å². The van der Waals surface area contributed by atoms with Gasteiger partial charge in [0.25, 0.3) is 0 Å². The highest BCUT2D eigenvalue weighted by molar-refractivity contribution is 5.91. The van der Waals surface area contributed by atoms with Crippen molar-refractivity contribution in [2.75, 3.05) is 0 Å². The summed E-state index contributed by atoms with van der Waals surface area (Å²) in [4.78, 5) is 4.27. The highest BCUT2D eigenvalue weighted by Gasteiger charge is 2.58. The molecule has 0 atom stereocenters. The zero-order valence-corrected chi connectivity index (χ0v) is 13.2.